The standard InChI is InChI=1S/C26H25NO6/c1-31-16-11-12-21(24(13-16)32-2)23(14-25(28)29)27-26(30)33-15-22-19-9-5-3-7-17(19)18-8-4-6-10-20(18)22/h3-13,22-23H,14-15H2,1-2H3,(H,27,30)(H,28,29)/t23-/m0/s1. The van der Waals surface area contributed by atoms with E-state index in [9.17, 15) is 14.7 Å². The first-order chi connectivity index (χ1) is 16.0. The minimum atomic E-state index is -1.06. The van der Waals surface area contributed by atoms with Crippen molar-refractivity contribution in [2.75, 3.05) is 20.8 Å². The number of hydrogen-bond donors (Lipinski definition) is 2. The summed E-state index contributed by atoms with van der Waals surface area (Å²) in [7, 11) is 3.00. The van der Waals surface area contributed by atoms with E-state index in [1.54, 1.807) is 18.2 Å². The van der Waals surface area contributed by atoms with Gasteiger partial charge in [-0.25, -0.2) is 4.79 Å². The minimum Gasteiger partial charge on any atom is -0.497 e. The fourth-order valence-corrected chi connectivity index (χ4v) is 4.30. The summed E-state index contributed by atoms with van der Waals surface area (Å²) in [5, 5.41) is 12.1. The first-order valence-electron chi connectivity index (χ1n) is 10.6. The number of carbonyl (C=O) groups excluding carboxylic acids is 1. The second-order valence-corrected chi connectivity index (χ2v) is 7.73. The number of hydrogen-bond acceptors (Lipinski definition) is 5. The van der Waals surface area contributed by atoms with E-state index >= 15 is 0 Å². The molecule has 7 heteroatoms. The zero-order chi connectivity index (χ0) is 23.4. The first kappa shape index (κ1) is 22.2. The van der Waals surface area contributed by atoms with Gasteiger partial charge < -0.3 is 24.6 Å². The van der Waals surface area contributed by atoms with Crippen molar-refractivity contribution in [3.05, 3.63) is 83.4 Å². The van der Waals surface area contributed by atoms with Crippen LogP contribution < -0.4 is 14.8 Å². The molecular weight excluding hydrogens is 422 g/mol. The van der Waals surface area contributed by atoms with Crippen LogP contribution in [0.4, 0.5) is 4.79 Å². The Balaban J connectivity index is 1.51. The molecule has 4 rings (SSSR count). The number of carbonyl (C=O) groups is 2. The van der Waals surface area contributed by atoms with Crippen LogP contribution in [0, 0.1) is 0 Å². The fraction of sp³-hybridized carbons (Fsp3) is 0.231. The number of fused-ring (bicyclic) bond motifs is 3. The maximum atomic E-state index is 12.7. The molecule has 1 amide bonds. The van der Waals surface area contributed by atoms with E-state index in [-0.39, 0.29) is 18.9 Å². The summed E-state index contributed by atoms with van der Waals surface area (Å²) in [5.74, 6) is -0.168. The summed E-state index contributed by atoms with van der Waals surface area (Å²) < 4.78 is 16.2. The van der Waals surface area contributed by atoms with Gasteiger partial charge in [0.1, 0.15) is 18.1 Å². The highest BCUT2D eigenvalue weighted by Gasteiger charge is 2.30. The molecule has 0 unspecified atom stereocenters. The third kappa shape index (κ3) is 4.62. The van der Waals surface area contributed by atoms with Gasteiger partial charge in [0.25, 0.3) is 0 Å². The third-order valence-electron chi connectivity index (χ3n) is 5.83. The van der Waals surface area contributed by atoms with Crippen LogP contribution in [0.15, 0.2) is 66.7 Å². The van der Waals surface area contributed by atoms with Crippen LogP contribution in [0.2, 0.25) is 0 Å². The summed E-state index contributed by atoms with van der Waals surface area (Å²) >= 11 is 0. The number of alkyl carbamates (subject to hydrolysis) is 1. The number of ether oxygens (including phenoxy) is 3. The van der Waals surface area contributed by atoms with Crippen LogP contribution >= 0.6 is 0 Å². The summed E-state index contributed by atoms with van der Waals surface area (Å²) in [4.78, 5) is 24.2. The molecule has 0 aliphatic heterocycles. The summed E-state index contributed by atoms with van der Waals surface area (Å²) in [6, 6.07) is 20.3. The molecule has 1 atom stereocenters. The smallest absolute Gasteiger partial charge is 0.407 e. The number of carboxylic acid groups (broad SMARTS) is 1. The SMILES string of the molecule is COc1ccc([C@H](CC(=O)O)NC(=O)OCC2c3ccccc3-c3ccccc32)c(OC)c1. The molecule has 0 bridgehead atoms. The molecule has 0 spiro atoms. The highest BCUT2D eigenvalue weighted by molar-refractivity contribution is 5.79. The Morgan fingerprint density at radius 3 is 2.15 bits per heavy atom. The van der Waals surface area contributed by atoms with E-state index in [2.05, 4.69) is 17.4 Å². The van der Waals surface area contributed by atoms with Crippen LogP contribution in [0.25, 0.3) is 11.1 Å². The number of nitrogens with one attached hydrogen (secondary N) is 1. The van der Waals surface area contributed by atoms with E-state index in [0.29, 0.717) is 17.1 Å². The zero-order valence-electron chi connectivity index (χ0n) is 18.4. The molecule has 0 saturated heterocycles. The molecular formula is C26H25NO6. The van der Waals surface area contributed by atoms with Gasteiger partial charge in [0.2, 0.25) is 0 Å². The lowest BCUT2D eigenvalue weighted by atomic mass is 9.98. The topological polar surface area (TPSA) is 94.1 Å². The van der Waals surface area contributed by atoms with Crippen LogP contribution in [0.5, 0.6) is 11.5 Å². The maximum Gasteiger partial charge on any atom is 0.407 e. The largest absolute Gasteiger partial charge is 0.497 e. The lowest BCUT2D eigenvalue weighted by Crippen LogP contribution is -2.32. The van der Waals surface area contributed by atoms with Crippen molar-refractivity contribution in [2.45, 2.75) is 18.4 Å². The quantitative estimate of drug-likeness (QED) is 0.517. The van der Waals surface area contributed by atoms with Gasteiger partial charge in [0, 0.05) is 17.5 Å². The van der Waals surface area contributed by atoms with Gasteiger partial charge in [-0.3, -0.25) is 4.79 Å². The molecule has 0 saturated carbocycles. The second kappa shape index (κ2) is 9.65. The first-order valence-corrected chi connectivity index (χ1v) is 10.6. The summed E-state index contributed by atoms with van der Waals surface area (Å²) in [6.07, 6.45) is -1.02. The van der Waals surface area contributed by atoms with E-state index in [4.69, 9.17) is 14.2 Å². The normalized spacial score (nSPS) is 12.9. The van der Waals surface area contributed by atoms with E-state index in [1.807, 2.05) is 36.4 Å². The van der Waals surface area contributed by atoms with Gasteiger partial charge in [0.15, 0.2) is 0 Å². The van der Waals surface area contributed by atoms with Crippen molar-refractivity contribution in [3.63, 3.8) is 0 Å². The molecule has 1 aliphatic rings. The minimum absolute atomic E-state index is 0.0865. The number of methoxy groups -OCH3 is 2. The summed E-state index contributed by atoms with van der Waals surface area (Å²) in [5.41, 5.74) is 4.99. The predicted octanol–water partition coefficient (Wildman–Crippen LogP) is 4.76. The summed E-state index contributed by atoms with van der Waals surface area (Å²) in [6.45, 7) is 0.138. The Kier molecular flexibility index (Phi) is 6.49. The third-order valence-corrected chi connectivity index (χ3v) is 5.83. The van der Waals surface area contributed by atoms with Crippen LogP contribution in [-0.4, -0.2) is 38.0 Å². The van der Waals surface area contributed by atoms with Crippen molar-refractivity contribution in [3.8, 4) is 22.6 Å². The number of amides is 1. The Labute approximate surface area is 191 Å². The van der Waals surface area contributed by atoms with Gasteiger partial charge in [0.05, 0.1) is 26.7 Å². The van der Waals surface area contributed by atoms with E-state index in [0.717, 1.165) is 22.3 Å². The Bertz CT molecular complexity index is 1130. The average Bonchev–Trinajstić information content (AvgIpc) is 3.15. The molecule has 3 aromatic rings. The van der Waals surface area contributed by atoms with Gasteiger partial charge in [-0.05, 0) is 34.4 Å². The fourth-order valence-electron chi connectivity index (χ4n) is 4.30. The monoisotopic (exact) mass is 447 g/mol. The number of rotatable bonds is 8. The molecule has 3 aromatic carbocycles. The molecule has 0 aromatic heterocycles. The lowest BCUT2D eigenvalue weighted by molar-refractivity contribution is -0.137. The number of aliphatic carboxylic acids is 1. The number of carboxylic acids is 1. The maximum absolute atomic E-state index is 12.7. The zero-order valence-corrected chi connectivity index (χ0v) is 18.4. The molecule has 170 valence electrons. The highest BCUT2D eigenvalue weighted by atomic mass is 16.5. The van der Waals surface area contributed by atoms with Crippen molar-refractivity contribution in [1.82, 2.24) is 5.32 Å². The van der Waals surface area contributed by atoms with Gasteiger partial charge in [-0.2, -0.15) is 0 Å². The van der Waals surface area contributed by atoms with Crippen molar-refractivity contribution >= 4 is 12.1 Å². The van der Waals surface area contributed by atoms with E-state index in [1.165, 1.54) is 14.2 Å². The number of benzene rings is 3. The van der Waals surface area contributed by atoms with Gasteiger partial charge >= 0.3 is 12.1 Å². The van der Waals surface area contributed by atoms with Crippen molar-refractivity contribution in [2.24, 2.45) is 0 Å². The van der Waals surface area contributed by atoms with Crippen LogP contribution in [0.3, 0.4) is 0 Å². The molecule has 1 aliphatic carbocycles. The second-order valence-electron chi connectivity index (χ2n) is 7.73. The Morgan fingerprint density at radius 1 is 0.939 bits per heavy atom. The molecule has 0 fully saturated rings. The lowest BCUT2D eigenvalue weighted by Gasteiger charge is -2.21. The van der Waals surface area contributed by atoms with Crippen molar-refractivity contribution < 1.29 is 28.9 Å². The van der Waals surface area contributed by atoms with Gasteiger partial charge in [-0.1, -0.05) is 48.5 Å². The predicted molar refractivity (Wildman–Crippen MR) is 123 cm³/mol. The highest BCUT2D eigenvalue weighted by Crippen LogP contribution is 2.44. The average molecular weight is 447 g/mol. The molecule has 0 heterocycles. The van der Waals surface area contributed by atoms with Gasteiger partial charge in [-0.15, -0.1) is 0 Å². The Morgan fingerprint density at radius 2 is 1.58 bits per heavy atom. The Hall–Kier alpha value is -4.00. The van der Waals surface area contributed by atoms with Crippen LogP contribution in [-0.2, 0) is 9.53 Å². The molecule has 0 radical (unpaired) electrons. The molecule has 33 heavy (non-hydrogen) atoms. The van der Waals surface area contributed by atoms with Crippen molar-refractivity contribution in [1.29, 1.82) is 0 Å². The van der Waals surface area contributed by atoms with Crippen LogP contribution in [0.1, 0.15) is 35.1 Å². The molecule has 7 nitrogen and oxygen atoms in total. The molecule has 2 N–H and O–H groups in total. The van der Waals surface area contributed by atoms with E-state index < -0.39 is 18.1 Å².